The summed E-state index contributed by atoms with van der Waals surface area (Å²) in [6.45, 7) is 0.496. The van der Waals surface area contributed by atoms with E-state index in [4.69, 9.17) is 23.8 Å². The van der Waals surface area contributed by atoms with E-state index in [-0.39, 0.29) is 26.1 Å². The molecule has 1 rings (SSSR count). The van der Waals surface area contributed by atoms with Gasteiger partial charge in [0, 0.05) is 12.3 Å². The molecule has 0 bridgehead atoms. The molecule has 0 spiro atoms. The van der Waals surface area contributed by atoms with Crippen molar-refractivity contribution in [3.63, 3.8) is 0 Å². The van der Waals surface area contributed by atoms with Crippen molar-refractivity contribution in [1.29, 1.82) is 10.5 Å². The summed E-state index contributed by atoms with van der Waals surface area (Å²) in [5.41, 5.74) is 0. The highest BCUT2D eigenvalue weighted by Gasteiger charge is 2.42. The van der Waals surface area contributed by atoms with Crippen LogP contribution in [0.5, 0.6) is 0 Å². The Morgan fingerprint density at radius 1 is 1.00 bits per heavy atom. The summed E-state index contributed by atoms with van der Waals surface area (Å²) in [7, 11) is -1.50. The molecular weight excluding hydrogens is 260 g/mol. The smallest absolute Gasteiger partial charge is 0.373 e. The van der Waals surface area contributed by atoms with Crippen LogP contribution in [-0.4, -0.2) is 29.1 Å². The predicted molar refractivity (Wildman–Crippen MR) is 71.2 cm³/mol. The molecule has 0 aliphatic carbocycles. The van der Waals surface area contributed by atoms with Crippen LogP contribution in [0.3, 0.4) is 0 Å². The van der Waals surface area contributed by atoms with Gasteiger partial charge in [-0.1, -0.05) is 30.3 Å². The van der Waals surface area contributed by atoms with Crippen LogP contribution in [0.4, 0.5) is 0 Å². The van der Waals surface area contributed by atoms with Crippen LogP contribution < -0.4 is 5.19 Å². The summed E-state index contributed by atoms with van der Waals surface area (Å²) < 4.78 is 16.9. The molecule has 6 heteroatoms. The lowest BCUT2D eigenvalue weighted by molar-refractivity contribution is 0.0957. The summed E-state index contributed by atoms with van der Waals surface area (Å²) in [5, 5.41) is 18.0. The van der Waals surface area contributed by atoms with Crippen molar-refractivity contribution in [2.24, 2.45) is 0 Å². The second-order valence-corrected chi connectivity index (χ2v) is 6.31. The minimum absolute atomic E-state index is 0.248. The Hall–Kier alpha value is -1.70. The number of hydrogen-bond donors (Lipinski definition) is 0. The molecule has 0 atom stereocenters. The van der Waals surface area contributed by atoms with Gasteiger partial charge in [0.1, 0.15) is 0 Å². The van der Waals surface area contributed by atoms with Crippen molar-refractivity contribution < 1.29 is 13.3 Å². The summed E-state index contributed by atoms with van der Waals surface area (Å²) >= 11 is 0. The van der Waals surface area contributed by atoms with Gasteiger partial charge in [-0.3, -0.25) is 0 Å². The molecule has 0 fully saturated rings. The Morgan fingerprint density at radius 2 is 1.53 bits per heavy atom. The first-order chi connectivity index (χ1) is 9.29. The molecule has 100 valence electrons. The van der Waals surface area contributed by atoms with Crippen molar-refractivity contribution in [3.8, 4) is 12.1 Å². The Bertz CT molecular complexity index is 433. The highest BCUT2D eigenvalue weighted by atomic mass is 28.4. The van der Waals surface area contributed by atoms with Crippen molar-refractivity contribution in [1.82, 2.24) is 0 Å². The largest absolute Gasteiger partial charge is 0.537 e. The zero-order chi connectivity index (χ0) is 14.0. The van der Waals surface area contributed by atoms with E-state index >= 15 is 0 Å². The lowest BCUT2D eigenvalue weighted by Crippen LogP contribution is -2.56. The molecule has 0 aliphatic heterocycles. The van der Waals surface area contributed by atoms with E-state index in [0.717, 1.165) is 5.19 Å². The van der Waals surface area contributed by atoms with Crippen LogP contribution in [0.1, 0.15) is 12.8 Å². The summed E-state index contributed by atoms with van der Waals surface area (Å²) in [4.78, 5) is 0. The first-order valence-corrected chi connectivity index (χ1v) is 7.64. The molecule has 0 radical (unpaired) electrons. The standard InChI is InChI=1S/C13H16N2O3Si/c1-16-19(17-11-5-9-14,18-12-6-10-15)13-7-3-2-4-8-13/h2-4,7-8H,5-6,11-12H2,1H3. The Labute approximate surface area is 114 Å². The fourth-order valence-electron chi connectivity index (χ4n) is 1.55. The molecule has 0 saturated carbocycles. The van der Waals surface area contributed by atoms with E-state index in [1.165, 1.54) is 7.11 Å². The minimum atomic E-state index is -3.02. The van der Waals surface area contributed by atoms with Crippen LogP contribution in [0.25, 0.3) is 0 Å². The molecule has 0 amide bonds. The topological polar surface area (TPSA) is 75.3 Å². The van der Waals surface area contributed by atoms with E-state index in [2.05, 4.69) is 0 Å². The number of hydrogen-bond acceptors (Lipinski definition) is 5. The van der Waals surface area contributed by atoms with Gasteiger partial charge in [-0.15, -0.1) is 0 Å². The maximum Gasteiger partial charge on any atom is 0.537 e. The van der Waals surface area contributed by atoms with Crippen LogP contribution in [0, 0.1) is 22.7 Å². The Morgan fingerprint density at radius 3 is 1.95 bits per heavy atom. The lowest BCUT2D eigenvalue weighted by Gasteiger charge is -2.27. The van der Waals surface area contributed by atoms with Gasteiger partial charge in [-0.25, -0.2) is 0 Å². The molecule has 19 heavy (non-hydrogen) atoms. The van der Waals surface area contributed by atoms with Gasteiger partial charge >= 0.3 is 8.80 Å². The predicted octanol–water partition coefficient (Wildman–Crippen LogP) is 1.34. The van der Waals surface area contributed by atoms with Gasteiger partial charge in [-0.2, -0.15) is 10.5 Å². The third-order valence-corrected chi connectivity index (χ3v) is 5.15. The summed E-state index contributed by atoms with van der Waals surface area (Å²) in [6, 6.07) is 13.4. The average Bonchev–Trinajstić information content (AvgIpc) is 2.47. The molecule has 1 aromatic carbocycles. The van der Waals surface area contributed by atoms with Crippen LogP contribution in [-0.2, 0) is 13.3 Å². The molecule has 5 nitrogen and oxygen atoms in total. The molecule has 1 aromatic rings. The van der Waals surface area contributed by atoms with E-state index in [1.54, 1.807) is 0 Å². The van der Waals surface area contributed by atoms with Crippen LogP contribution in [0.15, 0.2) is 30.3 Å². The number of benzene rings is 1. The summed E-state index contributed by atoms with van der Waals surface area (Å²) in [6.07, 6.45) is 0.541. The van der Waals surface area contributed by atoms with E-state index in [9.17, 15) is 0 Å². The second kappa shape index (κ2) is 8.41. The average molecular weight is 276 g/mol. The number of nitrogens with zero attached hydrogens (tertiary/aromatic N) is 2. The number of nitriles is 2. The SMILES string of the molecule is CO[Si](OCCC#N)(OCCC#N)c1ccccc1. The first kappa shape index (κ1) is 15.4. The van der Waals surface area contributed by atoms with Gasteiger partial charge in [-0.05, 0) is 0 Å². The fourth-order valence-corrected chi connectivity index (χ4v) is 3.78. The maximum atomic E-state index is 8.58. The molecular formula is C13H16N2O3Si. The Balaban J connectivity index is 2.87. The van der Waals surface area contributed by atoms with E-state index in [0.29, 0.717) is 0 Å². The zero-order valence-electron chi connectivity index (χ0n) is 10.8. The lowest BCUT2D eigenvalue weighted by atomic mass is 10.4. The van der Waals surface area contributed by atoms with Gasteiger partial charge in [0.05, 0.1) is 38.2 Å². The van der Waals surface area contributed by atoms with Gasteiger partial charge in [0.15, 0.2) is 0 Å². The van der Waals surface area contributed by atoms with E-state index in [1.807, 2.05) is 42.5 Å². The fraction of sp³-hybridized carbons (Fsp3) is 0.385. The van der Waals surface area contributed by atoms with Crippen LogP contribution in [0.2, 0.25) is 0 Å². The van der Waals surface area contributed by atoms with Crippen LogP contribution >= 0.6 is 0 Å². The zero-order valence-corrected chi connectivity index (χ0v) is 11.8. The van der Waals surface area contributed by atoms with E-state index < -0.39 is 8.80 Å². The van der Waals surface area contributed by atoms with Gasteiger partial charge < -0.3 is 13.3 Å². The molecule has 0 aliphatic rings. The monoisotopic (exact) mass is 276 g/mol. The third-order valence-electron chi connectivity index (χ3n) is 2.41. The van der Waals surface area contributed by atoms with Gasteiger partial charge in [0.2, 0.25) is 0 Å². The van der Waals surface area contributed by atoms with Crippen molar-refractivity contribution >= 4 is 14.0 Å². The minimum Gasteiger partial charge on any atom is -0.373 e. The molecule has 0 heterocycles. The summed E-state index contributed by atoms with van der Waals surface area (Å²) in [5.74, 6) is 0. The number of rotatable bonds is 8. The van der Waals surface area contributed by atoms with Crippen molar-refractivity contribution in [2.45, 2.75) is 12.8 Å². The van der Waals surface area contributed by atoms with Crippen molar-refractivity contribution in [2.75, 3.05) is 20.3 Å². The Kier molecular flexibility index (Phi) is 6.79. The third kappa shape index (κ3) is 4.47. The van der Waals surface area contributed by atoms with Gasteiger partial charge in [0.25, 0.3) is 0 Å². The molecule has 0 N–H and O–H groups in total. The molecule has 0 aromatic heterocycles. The molecule has 0 unspecified atom stereocenters. The highest BCUT2D eigenvalue weighted by Crippen LogP contribution is 2.10. The maximum absolute atomic E-state index is 8.58. The van der Waals surface area contributed by atoms with Crippen molar-refractivity contribution in [3.05, 3.63) is 30.3 Å². The normalized spacial score (nSPS) is 10.7. The molecule has 0 saturated heterocycles. The second-order valence-electron chi connectivity index (χ2n) is 3.64. The quantitative estimate of drug-likeness (QED) is 0.529. The highest BCUT2D eigenvalue weighted by molar-refractivity contribution is 6.75. The first-order valence-electron chi connectivity index (χ1n) is 5.91.